The van der Waals surface area contributed by atoms with E-state index in [9.17, 15) is 19.3 Å². The van der Waals surface area contributed by atoms with Crippen LogP contribution in [0.3, 0.4) is 0 Å². The summed E-state index contributed by atoms with van der Waals surface area (Å²) in [5.74, 6) is 0.0920. The van der Waals surface area contributed by atoms with Crippen LogP contribution in [0.5, 0.6) is 0 Å². The third-order valence-electron chi connectivity index (χ3n) is 3.42. The number of ether oxygens (including phenoxy) is 1. The van der Waals surface area contributed by atoms with Crippen molar-refractivity contribution in [2.45, 2.75) is 24.5 Å². The van der Waals surface area contributed by atoms with Gasteiger partial charge in [-0.15, -0.1) is 11.6 Å². The molecule has 3 heterocycles. The van der Waals surface area contributed by atoms with Gasteiger partial charge in [0.15, 0.2) is 6.23 Å². The molecule has 0 aliphatic carbocycles. The Kier molecular flexibility index (Phi) is 4.75. The highest BCUT2D eigenvalue weighted by molar-refractivity contribution is 7.48. The van der Waals surface area contributed by atoms with Crippen molar-refractivity contribution in [1.29, 1.82) is 0 Å². The number of H-pyrrole nitrogens is 1. The van der Waals surface area contributed by atoms with Crippen LogP contribution in [0.4, 0.5) is 0 Å². The Morgan fingerprint density at radius 1 is 1.39 bits per heavy atom. The molecular weight excluding hydrogens is 355 g/mol. The molecule has 2 aliphatic heterocycles. The van der Waals surface area contributed by atoms with Gasteiger partial charge < -0.3 is 9.84 Å². The Morgan fingerprint density at radius 3 is 2.78 bits per heavy atom. The third kappa shape index (κ3) is 3.16. The lowest BCUT2D eigenvalue weighted by molar-refractivity contribution is -0.0638. The molecule has 0 radical (unpaired) electrons. The minimum Gasteiger partial charge on any atom is -0.394 e. The number of aromatic amines is 1. The molecular formula is C11H14ClN2O8P. The van der Waals surface area contributed by atoms with Gasteiger partial charge in [0.2, 0.25) is 0 Å². The van der Waals surface area contributed by atoms with E-state index in [1.165, 1.54) is 6.20 Å². The predicted octanol–water partition coefficient (Wildman–Crippen LogP) is -0.426. The van der Waals surface area contributed by atoms with Crippen LogP contribution in [0.1, 0.15) is 6.23 Å². The lowest BCUT2D eigenvalue weighted by Gasteiger charge is -2.20. The molecule has 0 amide bonds. The second kappa shape index (κ2) is 6.48. The Morgan fingerprint density at radius 2 is 2.13 bits per heavy atom. The zero-order valence-electron chi connectivity index (χ0n) is 11.7. The number of nitrogens with zero attached hydrogens (tertiary/aromatic N) is 1. The van der Waals surface area contributed by atoms with Crippen molar-refractivity contribution in [3.8, 4) is 0 Å². The summed E-state index contributed by atoms with van der Waals surface area (Å²) in [5.41, 5.74) is -1.30. The molecule has 12 heteroatoms. The zero-order valence-corrected chi connectivity index (χ0v) is 13.3. The molecule has 2 aliphatic rings. The van der Waals surface area contributed by atoms with Gasteiger partial charge in [0.05, 0.1) is 13.2 Å². The van der Waals surface area contributed by atoms with Crippen LogP contribution in [-0.4, -0.2) is 52.1 Å². The fraction of sp³-hybridized carbons (Fsp3) is 0.636. The molecule has 10 nitrogen and oxygen atoms in total. The smallest absolute Gasteiger partial charge is 0.394 e. The van der Waals surface area contributed by atoms with Crippen molar-refractivity contribution >= 4 is 19.4 Å². The maximum Gasteiger partial charge on any atom is 0.475 e. The molecule has 2 N–H and O–H groups in total. The number of phosphoric acid groups is 1. The van der Waals surface area contributed by atoms with Crippen LogP contribution in [0, 0.1) is 0 Å². The van der Waals surface area contributed by atoms with E-state index in [-0.39, 0.29) is 12.5 Å². The van der Waals surface area contributed by atoms with Gasteiger partial charge in [-0.2, -0.15) is 0 Å². The van der Waals surface area contributed by atoms with Crippen molar-refractivity contribution in [3.05, 3.63) is 33.1 Å². The van der Waals surface area contributed by atoms with Crippen molar-refractivity contribution in [3.63, 3.8) is 0 Å². The summed E-state index contributed by atoms with van der Waals surface area (Å²) < 4.78 is 34.5. The average Bonchev–Trinajstić information content (AvgIpc) is 3.00. The van der Waals surface area contributed by atoms with Crippen molar-refractivity contribution < 1.29 is 28.0 Å². The number of fused-ring (bicyclic) bond motifs is 1. The molecule has 0 spiro atoms. The fourth-order valence-corrected chi connectivity index (χ4v) is 4.22. The number of phosphoric ester groups is 1. The van der Waals surface area contributed by atoms with E-state index in [0.717, 1.165) is 10.6 Å². The van der Waals surface area contributed by atoms with Crippen LogP contribution in [-0.2, 0) is 22.9 Å². The summed E-state index contributed by atoms with van der Waals surface area (Å²) >= 11 is 5.48. The van der Waals surface area contributed by atoms with E-state index >= 15 is 0 Å². The number of aliphatic hydroxyl groups excluding tert-OH is 1. The summed E-state index contributed by atoms with van der Waals surface area (Å²) in [5, 5.41) is 9.38. The largest absolute Gasteiger partial charge is 0.475 e. The number of hydrogen-bond acceptors (Lipinski definition) is 8. The lowest BCUT2D eigenvalue weighted by Crippen LogP contribution is -2.36. The van der Waals surface area contributed by atoms with Gasteiger partial charge in [0.1, 0.15) is 18.3 Å². The summed E-state index contributed by atoms with van der Waals surface area (Å²) in [6.45, 7) is -0.485. The van der Waals surface area contributed by atoms with E-state index in [4.69, 9.17) is 29.9 Å². The number of aliphatic hydroxyl groups is 1. The van der Waals surface area contributed by atoms with Crippen LogP contribution in [0.15, 0.2) is 21.9 Å². The second-order valence-corrected chi connectivity index (χ2v) is 6.83. The second-order valence-electron chi connectivity index (χ2n) is 4.87. The van der Waals surface area contributed by atoms with E-state index in [0.29, 0.717) is 0 Å². The molecule has 1 unspecified atom stereocenters. The number of halogens is 1. The van der Waals surface area contributed by atoms with Crippen molar-refractivity contribution in [2.75, 3.05) is 19.1 Å². The Labute approximate surface area is 134 Å². The van der Waals surface area contributed by atoms with Crippen LogP contribution < -0.4 is 11.2 Å². The van der Waals surface area contributed by atoms with E-state index < -0.39 is 50.2 Å². The summed E-state index contributed by atoms with van der Waals surface area (Å²) in [4.78, 5) is 25.1. The molecule has 23 heavy (non-hydrogen) atoms. The van der Waals surface area contributed by atoms with Gasteiger partial charge in [0.25, 0.3) is 5.56 Å². The average molecular weight is 369 g/mol. The van der Waals surface area contributed by atoms with Crippen LogP contribution in [0.25, 0.3) is 0 Å². The molecule has 0 bridgehead atoms. The fourth-order valence-electron chi connectivity index (χ4n) is 2.48. The highest BCUT2D eigenvalue weighted by Crippen LogP contribution is 2.61. The van der Waals surface area contributed by atoms with Gasteiger partial charge in [-0.05, 0) is 0 Å². The van der Waals surface area contributed by atoms with Crippen LogP contribution in [0.2, 0.25) is 0 Å². The number of rotatable bonds is 5. The number of aromatic nitrogens is 2. The first-order chi connectivity index (χ1) is 11.0. The number of hydrogen-bond donors (Lipinski definition) is 2. The molecule has 1 aromatic rings. The van der Waals surface area contributed by atoms with E-state index in [2.05, 4.69) is 4.98 Å². The minimum absolute atomic E-state index is 0.0494. The summed E-state index contributed by atoms with van der Waals surface area (Å²) in [6, 6.07) is 1.13. The predicted molar refractivity (Wildman–Crippen MR) is 76.3 cm³/mol. The standard InChI is InChI=1S/C11H14ClN2O8P/c12-2-4-19-23(18)21-8-6(5-15)20-10(9(8)22-23)14-3-1-7(16)13-11(14)17/h1,3,6,8-10,15H,2,4-5H2,(H,13,16,17)/t6-,8-,9-,10-,23?/m1/s1. The topological polar surface area (TPSA) is 129 Å². The molecule has 128 valence electrons. The highest BCUT2D eigenvalue weighted by atomic mass is 35.5. The van der Waals surface area contributed by atoms with Gasteiger partial charge in [-0.25, -0.2) is 9.36 Å². The third-order valence-corrected chi connectivity index (χ3v) is 5.08. The first-order valence-electron chi connectivity index (χ1n) is 6.72. The zero-order chi connectivity index (χ0) is 16.6. The lowest BCUT2D eigenvalue weighted by atomic mass is 10.1. The maximum atomic E-state index is 12.4. The van der Waals surface area contributed by atoms with Crippen molar-refractivity contribution in [1.82, 2.24) is 9.55 Å². The van der Waals surface area contributed by atoms with Crippen molar-refractivity contribution in [2.24, 2.45) is 0 Å². The van der Waals surface area contributed by atoms with Gasteiger partial charge in [0, 0.05) is 18.1 Å². The highest BCUT2D eigenvalue weighted by Gasteiger charge is 2.58. The quantitative estimate of drug-likeness (QED) is 0.529. The SMILES string of the molecule is O=c1ccn([C@@H]2O[C@H](CO)[C@H]3OP(=O)(OCCCl)O[C@H]32)c(=O)[nH]1. The maximum absolute atomic E-state index is 12.4. The first kappa shape index (κ1) is 16.8. The monoisotopic (exact) mass is 368 g/mol. The molecule has 3 rings (SSSR count). The number of alkyl halides is 1. The van der Waals surface area contributed by atoms with Gasteiger partial charge >= 0.3 is 13.5 Å². The molecule has 2 saturated heterocycles. The Balaban J connectivity index is 1.90. The summed E-state index contributed by atoms with van der Waals surface area (Å²) in [7, 11) is -3.86. The number of nitrogens with one attached hydrogen (secondary N) is 1. The van der Waals surface area contributed by atoms with E-state index in [1.807, 2.05) is 0 Å². The Bertz CT molecular complexity index is 735. The molecule has 5 atom stereocenters. The van der Waals surface area contributed by atoms with Gasteiger partial charge in [-0.3, -0.25) is 27.9 Å². The van der Waals surface area contributed by atoms with E-state index in [1.54, 1.807) is 0 Å². The molecule has 0 aromatic carbocycles. The minimum atomic E-state index is -3.86. The van der Waals surface area contributed by atoms with Gasteiger partial charge in [-0.1, -0.05) is 0 Å². The van der Waals surface area contributed by atoms with Crippen LogP contribution >= 0.6 is 19.4 Å². The summed E-state index contributed by atoms with van der Waals surface area (Å²) in [6.07, 6.45) is -2.51. The normalized spacial score (nSPS) is 36.3. The Hall–Kier alpha value is -1.00. The molecule has 1 aromatic heterocycles. The molecule has 0 saturated carbocycles. The first-order valence-corrected chi connectivity index (χ1v) is 8.72. The molecule has 2 fully saturated rings.